The number of fused-ring (bicyclic) bond motifs is 1. The van der Waals surface area contributed by atoms with E-state index >= 15 is 0 Å². The van der Waals surface area contributed by atoms with Crippen LogP contribution in [0.3, 0.4) is 0 Å². The Morgan fingerprint density at radius 1 is 1.19 bits per heavy atom. The van der Waals surface area contributed by atoms with Gasteiger partial charge in [-0.15, -0.1) is 0 Å². The van der Waals surface area contributed by atoms with Crippen molar-refractivity contribution in [3.63, 3.8) is 0 Å². The fourth-order valence-corrected chi connectivity index (χ4v) is 3.04. The number of hydrogen-bond acceptors (Lipinski definition) is 8. The van der Waals surface area contributed by atoms with E-state index < -0.39 is 43.5 Å². The zero-order chi connectivity index (χ0) is 23.1. The van der Waals surface area contributed by atoms with Crippen LogP contribution in [0.1, 0.15) is 39.1 Å². The van der Waals surface area contributed by atoms with Gasteiger partial charge in [0.2, 0.25) is 12.7 Å². The highest BCUT2D eigenvalue weighted by molar-refractivity contribution is 6.47. The number of halogens is 1. The Balaban J connectivity index is 1.60. The molecule has 2 N–H and O–H groups in total. The van der Waals surface area contributed by atoms with Crippen LogP contribution < -0.4 is 9.97 Å². The van der Waals surface area contributed by atoms with E-state index in [0.29, 0.717) is 5.56 Å². The average molecular weight is 440 g/mol. The summed E-state index contributed by atoms with van der Waals surface area (Å²) in [6, 6.07) is 11.2. The first kappa shape index (κ1) is 22.8. The molecule has 0 aromatic heterocycles. The molecule has 0 unspecified atom stereocenters. The number of rotatable bonds is 7. The third-order valence-electron chi connectivity index (χ3n) is 4.61. The lowest BCUT2D eigenvalue weighted by molar-refractivity contribution is -0.121. The zero-order valence-corrected chi connectivity index (χ0v) is 16.7. The summed E-state index contributed by atoms with van der Waals surface area (Å²) in [5, 5.41) is 21.4. The van der Waals surface area contributed by atoms with Gasteiger partial charge in [-0.05, 0) is 42.3 Å². The Morgan fingerprint density at radius 3 is 2.62 bits per heavy atom. The Bertz CT molecular complexity index is 1060. The van der Waals surface area contributed by atoms with Crippen molar-refractivity contribution in [3.8, 4) is 11.8 Å². The standard InChI is InChI=1S/C21H18BFN2O7/c23-15-8-6-13(7-9-15)20(27)30-12-31-21(28)16-4-1-3-14-11-17(22(29)32-19(14)16)25-18(26)5-2-10-24/h1,3-4,6-9,17,29H,2,5,11-12H2,(H,25,26)/t17-/m0/s1. The summed E-state index contributed by atoms with van der Waals surface area (Å²) in [6.45, 7) is -0.682. The molecule has 1 aliphatic rings. The van der Waals surface area contributed by atoms with Crippen LogP contribution in [0.4, 0.5) is 4.39 Å². The molecule has 2 aromatic carbocycles. The molecule has 1 amide bonds. The van der Waals surface area contributed by atoms with Crippen LogP contribution >= 0.6 is 0 Å². The number of nitrogens with one attached hydrogen (secondary N) is 1. The minimum absolute atomic E-state index is 0.00438. The van der Waals surface area contributed by atoms with Crippen molar-refractivity contribution in [2.24, 2.45) is 0 Å². The molecule has 32 heavy (non-hydrogen) atoms. The van der Waals surface area contributed by atoms with Gasteiger partial charge in [-0.25, -0.2) is 14.0 Å². The molecule has 164 valence electrons. The largest absolute Gasteiger partial charge is 0.547 e. The number of hydrogen-bond donors (Lipinski definition) is 2. The van der Waals surface area contributed by atoms with Gasteiger partial charge >= 0.3 is 19.1 Å². The van der Waals surface area contributed by atoms with Gasteiger partial charge in [0, 0.05) is 12.8 Å². The van der Waals surface area contributed by atoms with E-state index in [2.05, 4.69) is 5.32 Å². The third-order valence-corrected chi connectivity index (χ3v) is 4.61. The lowest BCUT2D eigenvalue weighted by Crippen LogP contribution is -2.53. The Morgan fingerprint density at radius 2 is 1.91 bits per heavy atom. The van der Waals surface area contributed by atoms with Crippen molar-refractivity contribution in [2.75, 3.05) is 6.79 Å². The number of nitriles is 1. The van der Waals surface area contributed by atoms with Gasteiger partial charge in [-0.1, -0.05) is 12.1 Å². The zero-order valence-electron chi connectivity index (χ0n) is 16.7. The topological polar surface area (TPSA) is 135 Å². The number of carbonyl (C=O) groups excluding carboxylic acids is 3. The lowest BCUT2D eigenvalue weighted by atomic mass is 9.72. The highest BCUT2D eigenvalue weighted by Gasteiger charge is 2.37. The molecule has 1 heterocycles. The molecule has 3 rings (SSSR count). The number of ether oxygens (including phenoxy) is 2. The van der Waals surface area contributed by atoms with Crippen molar-refractivity contribution < 1.29 is 37.9 Å². The summed E-state index contributed by atoms with van der Waals surface area (Å²) in [5.41, 5.74) is 0.654. The quantitative estimate of drug-likeness (QED) is 0.376. The summed E-state index contributed by atoms with van der Waals surface area (Å²) in [4.78, 5) is 36.2. The highest BCUT2D eigenvalue weighted by atomic mass is 19.1. The number of nitrogens with zero attached hydrogens (tertiary/aromatic N) is 1. The Labute approximate surface area is 182 Å². The summed E-state index contributed by atoms with van der Waals surface area (Å²) in [7, 11) is -1.42. The van der Waals surface area contributed by atoms with Crippen LogP contribution in [0.2, 0.25) is 0 Å². The van der Waals surface area contributed by atoms with E-state index in [1.807, 2.05) is 6.07 Å². The number of para-hydroxylation sites is 1. The van der Waals surface area contributed by atoms with E-state index in [9.17, 15) is 23.8 Å². The molecule has 0 radical (unpaired) electrons. The number of carbonyl (C=O) groups is 3. The molecule has 9 nitrogen and oxygen atoms in total. The normalized spacial score (nSPS) is 14.4. The first-order valence-corrected chi connectivity index (χ1v) is 9.61. The van der Waals surface area contributed by atoms with Crippen LogP contribution in [-0.2, 0) is 20.7 Å². The molecule has 1 atom stereocenters. The molecule has 11 heteroatoms. The van der Waals surface area contributed by atoms with E-state index in [0.717, 1.165) is 12.1 Å². The first-order valence-electron chi connectivity index (χ1n) is 9.61. The fraction of sp³-hybridized carbons (Fsp3) is 0.238. The summed E-state index contributed by atoms with van der Waals surface area (Å²) in [5.74, 6) is -3.21. The van der Waals surface area contributed by atoms with E-state index in [1.54, 1.807) is 12.1 Å². The molecule has 0 fully saturated rings. The Hall–Kier alpha value is -3.91. The van der Waals surface area contributed by atoms with E-state index in [1.165, 1.54) is 18.2 Å². The number of benzene rings is 2. The summed E-state index contributed by atoms with van der Waals surface area (Å²) >= 11 is 0. The molecule has 0 saturated heterocycles. The van der Waals surface area contributed by atoms with Crippen molar-refractivity contribution in [1.29, 1.82) is 5.26 Å². The molecule has 1 aliphatic heterocycles. The Kier molecular flexibility index (Phi) is 7.41. The lowest BCUT2D eigenvalue weighted by Gasteiger charge is -2.29. The van der Waals surface area contributed by atoms with Crippen LogP contribution in [0, 0.1) is 17.1 Å². The molecular weight excluding hydrogens is 422 g/mol. The maximum absolute atomic E-state index is 12.9. The van der Waals surface area contributed by atoms with Gasteiger partial charge in [0.1, 0.15) is 17.1 Å². The molecule has 0 saturated carbocycles. The molecule has 0 spiro atoms. The monoisotopic (exact) mass is 440 g/mol. The second-order valence-corrected chi connectivity index (χ2v) is 6.83. The molecule has 0 bridgehead atoms. The van der Waals surface area contributed by atoms with Crippen LogP contribution in [0.15, 0.2) is 42.5 Å². The molecule has 0 aliphatic carbocycles. The van der Waals surface area contributed by atoms with E-state index in [-0.39, 0.29) is 36.1 Å². The van der Waals surface area contributed by atoms with Crippen molar-refractivity contribution >= 4 is 25.0 Å². The van der Waals surface area contributed by atoms with Gasteiger partial charge < -0.3 is 24.5 Å². The third kappa shape index (κ3) is 5.62. The van der Waals surface area contributed by atoms with Gasteiger partial charge in [0.15, 0.2) is 0 Å². The van der Waals surface area contributed by atoms with Crippen molar-refractivity contribution in [1.82, 2.24) is 5.32 Å². The number of esters is 2. The second-order valence-electron chi connectivity index (χ2n) is 6.83. The minimum Gasteiger partial charge on any atom is -0.534 e. The number of amides is 1. The minimum atomic E-state index is -1.42. The highest BCUT2D eigenvalue weighted by Crippen LogP contribution is 2.30. The van der Waals surface area contributed by atoms with E-state index in [4.69, 9.17) is 19.4 Å². The van der Waals surface area contributed by atoms with Crippen molar-refractivity contribution in [3.05, 3.63) is 65.0 Å². The maximum atomic E-state index is 12.9. The van der Waals surface area contributed by atoms with Gasteiger partial charge in [0.05, 0.1) is 17.6 Å². The summed E-state index contributed by atoms with van der Waals surface area (Å²) in [6.07, 6.45) is 0.235. The predicted octanol–water partition coefficient (Wildman–Crippen LogP) is 1.54. The van der Waals surface area contributed by atoms with Gasteiger partial charge in [0.25, 0.3) is 0 Å². The fourth-order valence-electron chi connectivity index (χ4n) is 3.04. The first-order chi connectivity index (χ1) is 15.4. The van der Waals surface area contributed by atoms with Gasteiger partial charge in [-0.2, -0.15) is 5.26 Å². The average Bonchev–Trinajstić information content (AvgIpc) is 2.78. The molecular formula is C21H18BFN2O7. The predicted molar refractivity (Wildman–Crippen MR) is 108 cm³/mol. The summed E-state index contributed by atoms with van der Waals surface area (Å²) < 4.78 is 28.2. The van der Waals surface area contributed by atoms with Crippen molar-refractivity contribution in [2.45, 2.75) is 25.2 Å². The van der Waals surface area contributed by atoms with Crippen LogP contribution in [0.25, 0.3) is 0 Å². The smallest absolute Gasteiger partial charge is 0.534 e. The van der Waals surface area contributed by atoms with Crippen LogP contribution in [-0.4, -0.2) is 42.7 Å². The van der Waals surface area contributed by atoms with Gasteiger partial charge in [-0.3, -0.25) is 4.79 Å². The SMILES string of the molecule is N#CCCC(=O)N[C@H]1Cc2cccc(C(=O)OCOC(=O)c3ccc(F)cc3)c2OB1O. The van der Waals surface area contributed by atoms with Crippen LogP contribution in [0.5, 0.6) is 5.75 Å². The second kappa shape index (κ2) is 10.4. The molecule has 2 aromatic rings. The maximum Gasteiger partial charge on any atom is 0.547 e.